The van der Waals surface area contributed by atoms with Gasteiger partial charge >= 0.3 is 6.18 Å². The van der Waals surface area contributed by atoms with E-state index in [0.29, 0.717) is 24.8 Å². The zero-order valence-electron chi connectivity index (χ0n) is 8.82. The van der Waals surface area contributed by atoms with Crippen molar-refractivity contribution in [3.63, 3.8) is 0 Å². The van der Waals surface area contributed by atoms with Crippen LogP contribution in [0.1, 0.15) is 38.5 Å². The second-order valence-electron chi connectivity index (χ2n) is 4.88. The molecular formula is C11H18F3N. The largest absolute Gasteiger partial charge is 0.393 e. The molecule has 2 aliphatic rings. The van der Waals surface area contributed by atoms with E-state index in [1.54, 1.807) is 0 Å². The van der Waals surface area contributed by atoms with Crippen molar-refractivity contribution < 1.29 is 13.2 Å². The molecule has 1 aliphatic heterocycles. The highest BCUT2D eigenvalue weighted by atomic mass is 19.4. The summed E-state index contributed by atoms with van der Waals surface area (Å²) >= 11 is 0. The van der Waals surface area contributed by atoms with Crippen molar-refractivity contribution in [3.05, 3.63) is 0 Å². The zero-order chi connectivity index (χ0) is 10.9. The Labute approximate surface area is 88.4 Å². The molecule has 2 rings (SSSR count). The van der Waals surface area contributed by atoms with E-state index in [1.807, 2.05) is 0 Å². The maximum Gasteiger partial charge on any atom is 0.393 e. The summed E-state index contributed by atoms with van der Waals surface area (Å²) in [4.78, 5) is 0. The fourth-order valence-electron chi connectivity index (χ4n) is 2.92. The molecule has 0 spiro atoms. The lowest BCUT2D eigenvalue weighted by molar-refractivity contribution is -0.180. The first kappa shape index (κ1) is 11.2. The minimum absolute atomic E-state index is 0.130. The molecule has 1 nitrogen and oxygen atoms in total. The van der Waals surface area contributed by atoms with Crippen molar-refractivity contribution in [1.82, 2.24) is 5.32 Å². The monoisotopic (exact) mass is 221 g/mol. The predicted molar refractivity (Wildman–Crippen MR) is 52.5 cm³/mol. The normalized spacial score (nSPS) is 34.6. The summed E-state index contributed by atoms with van der Waals surface area (Å²) < 4.78 is 37.2. The van der Waals surface area contributed by atoms with E-state index in [-0.39, 0.29) is 6.54 Å². The molecule has 2 unspecified atom stereocenters. The average Bonchev–Trinajstić information content (AvgIpc) is 2.69. The Kier molecular flexibility index (Phi) is 3.24. The van der Waals surface area contributed by atoms with Crippen LogP contribution in [0.2, 0.25) is 0 Å². The van der Waals surface area contributed by atoms with Gasteiger partial charge in [-0.2, -0.15) is 13.2 Å². The van der Waals surface area contributed by atoms with E-state index >= 15 is 0 Å². The van der Waals surface area contributed by atoms with E-state index in [1.165, 1.54) is 25.7 Å². The lowest BCUT2D eigenvalue weighted by atomic mass is 9.86. The summed E-state index contributed by atoms with van der Waals surface area (Å²) in [5, 5.41) is 3.10. The Balaban J connectivity index is 1.81. The lowest BCUT2D eigenvalue weighted by Crippen LogP contribution is -2.46. The topological polar surface area (TPSA) is 12.0 Å². The number of hydrogen-bond donors (Lipinski definition) is 1. The van der Waals surface area contributed by atoms with Crippen LogP contribution >= 0.6 is 0 Å². The number of alkyl halides is 3. The average molecular weight is 221 g/mol. The molecule has 1 saturated heterocycles. The van der Waals surface area contributed by atoms with E-state index in [4.69, 9.17) is 0 Å². The van der Waals surface area contributed by atoms with Crippen molar-refractivity contribution in [2.45, 2.75) is 50.7 Å². The molecular weight excluding hydrogens is 203 g/mol. The fraction of sp³-hybridized carbons (Fsp3) is 1.00. The Morgan fingerprint density at radius 3 is 2.07 bits per heavy atom. The van der Waals surface area contributed by atoms with Gasteiger partial charge in [-0.05, 0) is 31.6 Å². The van der Waals surface area contributed by atoms with Crippen LogP contribution in [-0.2, 0) is 0 Å². The van der Waals surface area contributed by atoms with Crippen LogP contribution < -0.4 is 5.32 Å². The Hall–Kier alpha value is -0.250. The van der Waals surface area contributed by atoms with Gasteiger partial charge < -0.3 is 5.32 Å². The molecule has 4 heteroatoms. The quantitative estimate of drug-likeness (QED) is 0.717. The maximum atomic E-state index is 12.4. The van der Waals surface area contributed by atoms with Gasteiger partial charge in [0.05, 0.1) is 5.92 Å². The van der Waals surface area contributed by atoms with Gasteiger partial charge in [0, 0.05) is 12.6 Å². The third-order valence-electron chi connectivity index (χ3n) is 3.88. The number of nitrogens with one attached hydrogen (secondary N) is 1. The first-order chi connectivity index (χ1) is 7.07. The third-order valence-corrected chi connectivity index (χ3v) is 3.88. The number of rotatable bonds is 1. The summed E-state index contributed by atoms with van der Waals surface area (Å²) in [5.74, 6) is -0.477. The van der Waals surface area contributed by atoms with Crippen LogP contribution in [0.5, 0.6) is 0 Å². The van der Waals surface area contributed by atoms with E-state index in [9.17, 15) is 13.2 Å². The standard InChI is InChI=1S/C11H18F3N/c12-11(13,14)9-5-6-10(15-7-9)8-3-1-2-4-8/h8-10,15H,1-7H2. The number of piperidine rings is 1. The Bertz CT molecular complexity index is 200. The molecule has 0 amide bonds. The van der Waals surface area contributed by atoms with Crippen molar-refractivity contribution >= 4 is 0 Å². The molecule has 0 aromatic carbocycles. The van der Waals surface area contributed by atoms with Crippen molar-refractivity contribution in [2.75, 3.05) is 6.54 Å². The molecule has 15 heavy (non-hydrogen) atoms. The van der Waals surface area contributed by atoms with Crippen LogP contribution in [0.3, 0.4) is 0 Å². The molecule has 88 valence electrons. The summed E-state index contributed by atoms with van der Waals surface area (Å²) in [6.45, 7) is 0.130. The minimum atomic E-state index is -4.01. The van der Waals surface area contributed by atoms with E-state index in [2.05, 4.69) is 5.32 Å². The highest BCUT2D eigenvalue weighted by molar-refractivity contribution is 4.87. The summed E-state index contributed by atoms with van der Waals surface area (Å²) in [6, 6.07) is 0.353. The fourth-order valence-corrected chi connectivity index (χ4v) is 2.92. The van der Waals surface area contributed by atoms with Gasteiger partial charge in [-0.25, -0.2) is 0 Å². The maximum absolute atomic E-state index is 12.4. The smallest absolute Gasteiger partial charge is 0.313 e. The number of halogens is 3. The van der Waals surface area contributed by atoms with E-state index < -0.39 is 12.1 Å². The van der Waals surface area contributed by atoms with Crippen molar-refractivity contribution in [3.8, 4) is 0 Å². The molecule has 0 aromatic heterocycles. The van der Waals surface area contributed by atoms with Gasteiger partial charge in [0.15, 0.2) is 0 Å². The molecule has 0 bridgehead atoms. The molecule has 2 atom stereocenters. The highest BCUT2D eigenvalue weighted by Crippen LogP contribution is 2.36. The van der Waals surface area contributed by atoms with Gasteiger partial charge in [-0.3, -0.25) is 0 Å². The highest BCUT2D eigenvalue weighted by Gasteiger charge is 2.42. The second kappa shape index (κ2) is 4.32. The van der Waals surface area contributed by atoms with Crippen LogP contribution in [0, 0.1) is 11.8 Å². The predicted octanol–water partition coefficient (Wildman–Crippen LogP) is 3.11. The Morgan fingerprint density at radius 2 is 1.60 bits per heavy atom. The summed E-state index contributed by atoms with van der Waals surface area (Å²) in [5.41, 5.74) is 0. The van der Waals surface area contributed by atoms with Gasteiger partial charge in [-0.1, -0.05) is 12.8 Å². The molecule has 2 fully saturated rings. The first-order valence-electron chi connectivity index (χ1n) is 5.87. The molecule has 1 aliphatic carbocycles. The molecule has 1 N–H and O–H groups in total. The van der Waals surface area contributed by atoms with Gasteiger partial charge in [0.1, 0.15) is 0 Å². The van der Waals surface area contributed by atoms with E-state index in [0.717, 1.165) is 0 Å². The van der Waals surface area contributed by atoms with Crippen molar-refractivity contribution in [1.29, 1.82) is 0 Å². The zero-order valence-corrected chi connectivity index (χ0v) is 8.82. The SMILES string of the molecule is FC(F)(F)C1CCC(C2CCCC2)NC1. The number of hydrogen-bond acceptors (Lipinski definition) is 1. The molecule has 1 heterocycles. The molecule has 0 aromatic rings. The van der Waals surface area contributed by atoms with Crippen molar-refractivity contribution in [2.24, 2.45) is 11.8 Å². The van der Waals surface area contributed by atoms with Crippen LogP contribution in [0.15, 0.2) is 0 Å². The van der Waals surface area contributed by atoms with Gasteiger partial charge in [-0.15, -0.1) is 0 Å². The first-order valence-corrected chi connectivity index (χ1v) is 5.87. The van der Waals surface area contributed by atoms with Gasteiger partial charge in [0.2, 0.25) is 0 Å². The lowest BCUT2D eigenvalue weighted by Gasteiger charge is -2.34. The second-order valence-corrected chi connectivity index (χ2v) is 4.88. The van der Waals surface area contributed by atoms with Crippen LogP contribution in [0.4, 0.5) is 13.2 Å². The van der Waals surface area contributed by atoms with Gasteiger partial charge in [0.25, 0.3) is 0 Å². The minimum Gasteiger partial charge on any atom is -0.313 e. The third kappa shape index (κ3) is 2.65. The van der Waals surface area contributed by atoms with Crippen LogP contribution in [-0.4, -0.2) is 18.8 Å². The Morgan fingerprint density at radius 1 is 0.933 bits per heavy atom. The van der Waals surface area contributed by atoms with Crippen LogP contribution in [0.25, 0.3) is 0 Å². The summed E-state index contributed by atoms with van der Waals surface area (Å²) in [7, 11) is 0. The summed E-state index contributed by atoms with van der Waals surface area (Å²) in [6.07, 6.45) is 1.93. The molecule has 0 radical (unpaired) electrons. The molecule has 1 saturated carbocycles.